The van der Waals surface area contributed by atoms with E-state index in [2.05, 4.69) is 15.2 Å². The zero-order chi connectivity index (χ0) is 17.2. The van der Waals surface area contributed by atoms with E-state index >= 15 is 0 Å². The molecule has 1 fully saturated rings. The first-order chi connectivity index (χ1) is 12.2. The van der Waals surface area contributed by atoms with Crippen LogP contribution in [0.25, 0.3) is 11.3 Å². The van der Waals surface area contributed by atoms with Crippen molar-refractivity contribution in [3.05, 3.63) is 54.2 Å². The van der Waals surface area contributed by atoms with Gasteiger partial charge in [-0.3, -0.25) is 14.5 Å². The van der Waals surface area contributed by atoms with Gasteiger partial charge in [-0.05, 0) is 37.5 Å². The molecule has 4 heterocycles. The first-order valence-electron chi connectivity index (χ1n) is 8.38. The third kappa shape index (κ3) is 3.17. The zero-order valence-corrected chi connectivity index (χ0v) is 14.0. The van der Waals surface area contributed by atoms with Crippen molar-refractivity contribution in [3.8, 4) is 11.3 Å². The average Bonchev–Trinajstić information content (AvgIpc) is 3.37. The molecular weight excluding hydrogens is 318 g/mol. The van der Waals surface area contributed by atoms with Gasteiger partial charge >= 0.3 is 0 Å². The second-order valence-electron chi connectivity index (χ2n) is 6.35. The van der Waals surface area contributed by atoms with Crippen molar-refractivity contribution in [1.82, 2.24) is 24.8 Å². The Kier molecular flexibility index (Phi) is 4.05. The molecule has 1 aliphatic rings. The lowest BCUT2D eigenvalue weighted by Crippen LogP contribution is -2.38. The van der Waals surface area contributed by atoms with Crippen molar-refractivity contribution in [1.29, 1.82) is 0 Å². The van der Waals surface area contributed by atoms with Crippen molar-refractivity contribution in [3.63, 3.8) is 0 Å². The first-order valence-corrected chi connectivity index (χ1v) is 8.38. The van der Waals surface area contributed by atoms with Crippen molar-refractivity contribution in [2.24, 2.45) is 0 Å². The number of rotatable bonds is 4. The molecule has 0 N–H and O–H groups in total. The quantitative estimate of drug-likeness (QED) is 0.731. The number of pyridine rings is 1. The van der Waals surface area contributed by atoms with Crippen LogP contribution in [0.15, 0.2) is 47.5 Å². The van der Waals surface area contributed by atoms with Crippen LogP contribution in [-0.4, -0.2) is 43.3 Å². The van der Waals surface area contributed by atoms with Gasteiger partial charge in [0, 0.05) is 36.8 Å². The summed E-state index contributed by atoms with van der Waals surface area (Å²) in [5.41, 5.74) is 2.26. The third-order valence-electron chi connectivity index (χ3n) is 4.47. The van der Waals surface area contributed by atoms with Gasteiger partial charge in [-0.25, -0.2) is 0 Å². The highest BCUT2D eigenvalue weighted by Crippen LogP contribution is 2.24. The fraction of sp³-hybridized carbons (Fsp3) is 0.333. The number of carbonyl (C=O) groups excluding carboxylic acids is 1. The smallest absolute Gasteiger partial charge is 0.276 e. The highest BCUT2D eigenvalue weighted by molar-refractivity contribution is 5.93. The Morgan fingerprint density at radius 1 is 1.40 bits per heavy atom. The zero-order valence-electron chi connectivity index (χ0n) is 14.0. The van der Waals surface area contributed by atoms with Gasteiger partial charge in [0.1, 0.15) is 0 Å². The molecular formula is C18H19N5O2. The monoisotopic (exact) mass is 337 g/mol. The Morgan fingerprint density at radius 2 is 2.32 bits per heavy atom. The molecule has 128 valence electrons. The minimum absolute atomic E-state index is 0.0923. The molecule has 1 aliphatic heterocycles. The van der Waals surface area contributed by atoms with E-state index in [1.807, 2.05) is 41.0 Å². The molecule has 0 saturated carbocycles. The molecule has 7 heteroatoms. The maximum atomic E-state index is 12.9. The van der Waals surface area contributed by atoms with Crippen molar-refractivity contribution in [2.45, 2.75) is 32.4 Å². The van der Waals surface area contributed by atoms with Crippen LogP contribution in [0.1, 0.15) is 28.9 Å². The second kappa shape index (κ2) is 6.51. The Labute approximate surface area is 145 Å². The highest BCUT2D eigenvalue weighted by Gasteiger charge is 2.31. The number of hydrogen-bond acceptors (Lipinski definition) is 5. The van der Waals surface area contributed by atoms with Gasteiger partial charge in [-0.2, -0.15) is 5.10 Å². The van der Waals surface area contributed by atoms with E-state index in [0.29, 0.717) is 18.0 Å². The number of carbonyl (C=O) groups is 1. The van der Waals surface area contributed by atoms with E-state index < -0.39 is 0 Å². The molecule has 1 saturated heterocycles. The number of likely N-dealkylation sites (tertiary alicyclic amines) is 1. The minimum atomic E-state index is -0.0923. The number of nitrogens with zero attached hydrogens (tertiary/aromatic N) is 5. The lowest BCUT2D eigenvalue weighted by Gasteiger charge is -2.23. The van der Waals surface area contributed by atoms with E-state index in [-0.39, 0.29) is 11.9 Å². The maximum absolute atomic E-state index is 12.9. The molecule has 0 aliphatic carbocycles. The van der Waals surface area contributed by atoms with Crippen molar-refractivity contribution >= 4 is 5.91 Å². The molecule has 0 spiro atoms. The second-order valence-corrected chi connectivity index (χ2v) is 6.35. The average molecular weight is 337 g/mol. The lowest BCUT2D eigenvalue weighted by molar-refractivity contribution is 0.0711. The topological polar surface area (TPSA) is 77.0 Å². The number of amides is 1. The van der Waals surface area contributed by atoms with Gasteiger partial charge < -0.3 is 9.42 Å². The van der Waals surface area contributed by atoms with Crippen molar-refractivity contribution < 1.29 is 9.32 Å². The Morgan fingerprint density at radius 3 is 3.08 bits per heavy atom. The summed E-state index contributed by atoms with van der Waals surface area (Å²) in [7, 11) is 0. The van der Waals surface area contributed by atoms with Crippen LogP contribution in [0.4, 0.5) is 0 Å². The number of aryl methyl sites for hydroxylation is 1. The summed E-state index contributed by atoms with van der Waals surface area (Å²) in [6.07, 6.45) is 9.17. The van der Waals surface area contributed by atoms with Crippen LogP contribution in [-0.2, 0) is 6.54 Å². The SMILES string of the molecule is Cc1cnn(C[C@@H]2CCCN2C(=O)c2cc(-c3cccnc3)on2)c1. The Hall–Kier alpha value is -2.96. The van der Waals surface area contributed by atoms with Gasteiger partial charge in [0.2, 0.25) is 0 Å². The fourth-order valence-corrected chi connectivity index (χ4v) is 3.24. The summed E-state index contributed by atoms with van der Waals surface area (Å²) in [6, 6.07) is 5.51. The van der Waals surface area contributed by atoms with Crippen molar-refractivity contribution in [2.75, 3.05) is 6.54 Å². The lowest BCUT2D eigenvalue weighted by atomic mass is 10.2. The van der Waals surface area contributed by atoms with Gasteiger partial charge in [0.15, 0.2) is 11.5 Å². The molecule has 0 aromatic carbocycles. The van der Waals surface area contributed by atoms with Crippen LogP contribution in [0.5, 0.6) is 0 Å². The normalized spacial score (nSPS) is 17.2. The summed E-state index contributed by atoms with van der Waals surface area (Å²) in [4.78, 5) is 18.8. The minimum Gasteiger partial charge on any atom is -0.355 e. The molecule has 3 aromatic heterocycles. The molecule has 0 unspecified atom stereocenters. The molecule has 25 heavy (non-hydrogen) atoms. The highest BCUT2D eigenvalue weighted by atomic mass is 16.5. The predicted molar refractivity (Wildman–Crippen MR) is 90.8 cm³/mol. The molecule has 1 amide bonds. The van der Waals surface area contributed by atoms with E-state index in [1.165, 1.54) is 0 Å². The summed E-state index contributed by atoms with van der Waals surface area (Å²) in [5.74, 6) is 0.458. The number of aromatic nitrogens is 4. The van der Waals surface area contributed by atoms with E-state index in [9.17, 15) is 4.79 Å². The Balaban J connectivity index is 1.51. The summed E-state index contributed by atoms with van der Waals surface area (Å²) in [5, 5.41) is 8.29. The van der Waals surface area contributed by atoms with E-state index in [1.54, 1.807) is 18.5 Å². The van der Waals surface area contributed by atoms with Crippen LogP contribution < -0.4 is 0 Å². The molecule has 1 atom stereocenters. The largest absolute Gasteiger partial charge is 0.355 e. The molecule has 0 radical (unpaired) electrons. The predicted octanol–water partition coefficient (Wildman–Crippen LogP) is 2.55. The van der Waals surface area contributed by atoms with Crippen LogP contribution in [0.2, 0.25) is 0 Å². The van der Waals surface area contributed by atoms with Gasteiger partial charge in [-0.15, -0.1) is 0 Å². The van der Waals surface area contributed by atoms with Gasteiger partial charge in [0.25, 0.3) is 5.91 Å². The summed E-state index contributed by atoms with van der Waals surface area (Å²) in [6.45, 7) is 3.45. The van der Waals surface area contributed by atoms with E-state index in [0.717, 1.165) is 30.5 Å². The third-order valence-corrected chi connectivity index (χ3v) is 4.47. The molecule has 4 rings (SSSR count). The summed E-state index contributed by atoms with van der Waals surface area (Å²) < 4.78 is 7.23. The van der Waals surface area contributed by atoms with Crippen LogP contribution in [0.3, 0.4) is 0 Å². The summed E-state index contributed by atoms with van der Waals surface area (Å²) >= 11 is 0. The molecule has 3 aromatic rings. The maximum Gasteiger partial charge on any atom is 0.276 e. The fourth-order valence-electron chi connectivity index (χ4n) is 3.24. The van der Waals surface area contributed by atoms with Gasteiger partial charge in [-0.1, -0.05) is 5.16 Å². The van der Waals surface area contributed by atoms with E-state index in [4.69, 9.17) is 4.52 Å². The molecule has 0 bridgehead atoms. The van der Waals surface area contributed by atoms with Crippen LogP contribution >= 0.6 is 0 Å². The molecule has 7 nitrogen and oxygen atoms in total. The first kappa shape index (κ1) is 15.6. The van der Waals surface area contributed by atoms with Gasteiger partial charge in [0.05, 0.1) is 18.8 Å². The Bertz CT molecular complexity index is 870. The van der Waals surface area contributed by atoms with Crippen LogP contribution in [0, 0.1) is 6.92 Å². The number of hydrogen-bond donors (Lipinski definition) is 0. The standard InChI is InChI=1S/C18H19N5O2/c1-13-9-20-22(11-13)12-15-5-3-7-23(15)18(24)16-8-17(25-21-16)14-4-2-6-19-10-14/h2,4,6,8-11,15H,3,5,7,12H2,1H3/t15-/m0/s1.